The van der Waals surface area contributed by atoms with Gasteiger partial charge < -0.3 is 10.1 Å². The maximum Gasteiger partial charge on any atom is 0.404 e. The van der Waals surface area contributed by atoms with Crippen LogP contribution in [-0.2, 0) is 13.0 Å². The van der Waals surface area contributed by atoms with Crippen molar-refractivity contribution in [1.29, 1.82) is 0 Å². The van der Waals surface area contributed by atoms with Crippen molar-refractivity contribution in [2.75, 3.05) is 7.11 Å². The Bertz CT molecular complexity index is 389. The van der Waals surface area contributed by atoms with Crippen molar-refractivity contribution in [1.82, 2.24) is 5.32 Å². The van der Waals surface area contributed by atoms with E-state index in [4.69, 9.17) is 4.74 Å². The molecular formula is C11H12F3NO. The normalized spacial score (nSPS) is 20.4. The van der Waals surface area contributed by atoms with Crippen LogP contribution < -0.4 is 10.1 Å². The number of hydrogen-bond acceptors (Lipinski definition) is 2. The molecule has 0 spiro atoms. The first-order chi connectivity index (χ1) is 7.50. The van der Waals surface area contributed by atoms with E-state index in [1.54, 1.807) is 18.2 Å². The molecule has 0 aromatic heterocycles. The van der Waals surface area contributed by atoms with Gasteiger partial charge in [-0.2, -0.15) is 13.2 Å². The van der Waals surface area contributed by atoms with Crippen LogP contribution in [0.3, 0.4) is 0 Å². The summed E-state index contributed by atoms with van der Waals surface area (Å²) in [5, 5.41) is 2.49. The van der Waals surface area contributed by atoms with Gasteiger partial charge in [0.1, 0.15) is 11.8 Å². The molecule has 88 valence electrons. The van der Waals surface area contributed by atoms with Gasteiger partial charge in [0.2, 0.25) is 0 Å². The number of alkyl halides is 3. The van der Waals surface area contributed by atoms with E-state index in [2.05, 4.69) is 5.32 Å². The van der Waals surface area contributed by atoms with E-state index in [1.807, 2.05) is 0 Å². The number of fused-ring (bicyclic) bond motifs is 1. The molecule has 1 heterocycles. The second-order valence-electron chi connectivity index (χ2n) is 3.81. The monoisotopic (exact) mass is 231 g/mol. The predicted molar refractivity (Wildman–Crippen MR) is 53.4 cm³/mol. The van der Waals surface area contributed by atoms with Gasteiger partial charge in [-0.05, 0) is 29.7 Å². The van der Waals surface area contributed by atoms with Crippen LogP contribution in [0.5, 0.6) is 5.75 Å². The van der Waals surface area contributed by atoms with Crippen molar-refractivity contribution in [2.24, 2.45) is 0 Å². The van der Waals surface area contributed by atoms with Crippen LogP contribution in [0, 0.1) is 0 Å². The Morgan fingerprint density at radius 3 is 2.69 bits per heavy atom. The van der Waals surface area contributed by atoms with Gasteiger partial charge in [0.15, 0.2) is 0 Å². The zero-order chi connectivity index (χ0) is 11.8. The van der Waals surface area contributed by atoms with Gasteiger partial charge in [-0.15, -0.1) is 0 Å². The summed E-state index contributed by atoms with van der Waals surface area (Å²) in [7, 11) is 1.50. The average molecular weight is 231 g/mol. The molecule has 16 heavy (non-hydrogen) atoms. The minimum absolute atomic E-state index is 0.0317. The molecule has 5 heteroatoms. The van der Waals surface area contributed by atoms with Crippen molar-refractivity contribution < 1.29 is 17.9 Å². The van der Waals surface area contributed by atoms with Crippen molar-refractivity contribution in [3.8, 4) is 5.75 Å². The summed E-state index contributed by atoms with van der Waals surface area (Å²) in [5.41, 5.74) is 1.61. The summed E-state index contributed by atoms with van der Waals surface area (Å²) in [6.45, 7) is 0.253. The molecular weight excluding hydrogens is 219 g/mol. The van der Waals surface area contributed by atoms with Crippen LogP contribution in [0.15, 0.2) is 18.2 Å². The third kappa shape index (κ3) is 2.14. The van der Waals surface area contributed by atoms with E-state index >= 15 is 0 Å². The molecule has 2 nitrogen and oxygen atoms in total. The summed E-state index contributed by atoms with van der Waals surface area (Å²) >= 11 is 0. The lowest BCUT2D eigenvalue weighted by molar-refractivity contribution is -0.157. The molecule has 0 saturated heterocycles. The van der Waals surface area contributed by atoms with Gasteiger partial charge in [-0.3, -0.25) is 0 Å². The van der Waals surface area contributed by atoms with Crippen LogP contribution in [0.25, 0.3) is 0 Å². The topological polar surface area (TPSA) is 21.3 Å². The lowest BCUT2D eigenvalue weighted by Crippen LogP contribution is -2.46. The Morgan fingerprint density at radius 2 is 2.06 bits per heavy atom. The van der Waals surface area contributed by atoms with E-state index in [1.165, 1.54) is 7.11 Å². The molecule has 1 aliphatic heterocycles. The number of benzene rings is 1. The van der Waals surface area contributed by atoms with Crippen molar-refractivity contribution >= 4 is 0 Å². The molecule has 2 rings (SSSR count). The third-order valence-electron chi connectivity index (χ3n) is 2.77. The van der Waals surface area contributed by atoms with Gasteiger partial charge >= 0.3 is 6.18 Å². The summed E-state index contributed by atoms with van der Waals surface area (Å²) in [6.07, 6.45) is -4.23. The zero-order valence-electron chi connectivity index (χ0n) is 8.77. The molecule has 1 aromatic rings. The first-order valence-electron chi connectivity index (χ1n) is 4.96. The van der Waals surface area contributed by atoms with Crippen molar-refractivity contribution in [3.05, 3.63) is 29.3 Å². The second kappa shape index (κ2) is 3.97. The number of rotatable bonds is 1. The zero-order valence-corrected chi connectivity index (χ0v) is 8.77. The molecule has 0 bridgehead atoms. The molecule has 0 saturated carbocycles. The standard InChI is InChI=1S/C11H12F3NO/c1-16-9-3-2-7-6-15-10(11(12,13)14)5-8(7)4-9/h2-4,10,15H,5-6H2,1H3. The van der Waals surface area contributed by atoms with E-state index in [-0.39, 0.29) is 13.0 Å². The highest BCUT2D eigenvalue weighted by molar-refractivity contribution is 5.37. The van der Waals surface area contributed by atoms with Gasteiger partial charge in [0, 0.05) is 6.54 Å². The Balaban J connectivity index is 2.25. The molecule has 0 radical (unpaired) electrons. The maximum absolute atomic E-state index is 12.5. The average Bonchev–Trinajstić information content (AvgIpc) is 2.26. The van der Waals surface area contributed by atoms with Crippen LogP contribution in [0.1, 0.15) is 11.1 Å². The highest BCUT2D eigenvalue weighted by Gasteiger charge is 2.41. The maximum atomic E-state index is 12.5. The molecule has 0 amide bonds. The van der Waals surface area contributed by atoms with Crippen LogP contribution in [-0.4, -0.2) is 19.3 Å². The molecule has 1 unspecified atom stereocenters. The molecule has 1 aliphatic rings. The van der Waals surface area contributed by atoms with E-state index in [9.17, 15) is 13.2 Å². The first kappa shape index (κ1) is 11.3. The fourth-order valence-corrected chi connectivity index (χ4v) is 1.85. The molecule has 0 fully saturated rings. The largest absolute Gasteiger partial charge is 0.497 e. The first-order valence-corrected chi connectivity index (χ1v) is 4.96. The molecule has 1 aromatic carbocycles. The summed E-state index contributed by atoms with van der Waals surface area (Å²) in [6, 6.07) is 3.78. The number of ether oxygens (including phenoxy) is 1. The number of hydrogen-bond donors (Lipinski definition) is 1. The van der Waals surface area contributed by atoms with Gasteiger partial charge in [0.25, 0.3) is 0 Å². The van der Waals surface area contributed by atoms with Crippen LogP contribution >= 0.6 is 0 Å². The fraction of sp³-hybridized carbons (Fsp3) is 0.455. The highest BCUT2D eigenvalue weighted by Crippen LogP contribution is 2.29. The summed E-state index contributed by atoms with van der Waals surface area (Å²) in [5.74, 6) is 0.599. The molecule has 1 N–H and O–H groups in total. The third-order valence-corrected chi connectivity index (χ3v) is 2.77. The van der Waals surface area contributed by atoms with Gasteiger partial charge in [0.05, 0.1) is 7.11 Å². The van der Waals surface area contributed by atoms with Crippen molar-refractivity contribution in [2.45, 2.75) is 25.2 Å². The quantitative estimate of drug-likeness (QED) is 0.800. The smallest absolute Gasteiger partial charge is 0.404 e. The summed E-state index contributed by atoms with van der Waals surface area (Å²) in [4.78, 5) is 0. The fourth-order valence-electron chi connectivity index (χ4n) is 1.85. The minimum atomic E-state index is -4.19. The number of nitrogens with one attached hydrogen (secondary N) is 1. The number of halogens is 3. The number of methoxy groups -OCH3 is 1. The van der Waals surface area contributed by atoms with Gasteiger partial charge in [-0.1, -0.05) is 6.07 Å². The molecule has 0 aliphatic carbocycles. The Labute approximate surface area is 91.4 Å². The SMILES string of the molecule is COc1ccc2c(c1)CC(C(F)(F)F)NC2. The lowest BCUT2D eigenvalue weighted by atomic mass is 9.95. The lowest BCUT2D eigenvalue weighted by Gasteiger charge is -2.28. The molecule has 1 atom stereocenters. The second-order valence-corrected chi connectivity index (χ2v) is 3.81. The summed E-state index contributed by atoms with van der Waals surface area (Å²) < 4.78 is 42.6. The Morgan fingerprint density at radius 1 is 1.31 bits per heavy atom. The highest BCUT2D eigenvalue weighted by atomic mass is 19.4. The van der Waals surface area contributed by atoms with Gasteiger partial charge in [-0.25, -0.2) is 0 Å². The van der Waals surface area contributed by atoms with E-state index in [0.29, 0.717) is 11.3 Å². The Kier molecular flexibility index (Phi) is 2.80. The van der Waals surface area contributed by atoms with Crippen molar-refractivity contribution in [3.63, 3.8) is 0 Å². The minimum Gasteiger partial charge on any atom is -0.497 e. The van der Waals surface area contributed by atoms with Crippen LogP contribution in [0.4, 0.5) is 13.2 Å². The van der Waals surface area contributed by atoms with E-state index in [0.717, 1.165) is 5.56 Å². The van der Waals surface area contributed by atoms with Crippen LogP contribution in [0.2, 0.25) is 0 Å². The predicted octanol–water partition coefficient (Wildman–Crippen LogP) is 2.27. The van der Waals surface area contributed by atoms with E-state index < -0.39 is 12.2 Å². The Hall–Kier alpha value is -1.23.